The topological polar surface area (TPSA) is 225 Å². The quantitative estimate of drug-likeness (QED) is 0.131. The lowest BCUT2D eigenvalue weighted by Crippen LogP contribution is -2.57. The van der Waals surface area contributed by atoms with Crippen molar-refractivity contribution in [1.29, 1.82) is 0 Å². The number of aromatic nitrogens is 2. The van der Waals surface area contributed by atoms with Crippen LogP contribution < -0.4 is 30.7 Å². The molecular formula is C46H63N9O9S2. The van der Waals surface area contributed by atoms with Crippen LogP contribution in [0.3, 0.4) is 0 Å². The number of urea groups is 1. The summed E-state index contributed by atoms with van der Waals surface area (Å²) in [5, 5.41) is 25.7. The molecule has 7 rings (SSSR count). The third kappa shape index (κ3) is 11.1. The second-order valence-corrected chi connectivity index (χ2v) is 21.3. The third-order valence-corrected chi connectivity index (χ3v) is 15.4. The van der Waals surface area contributed by atoms with Crippen molar-refractivity contribution in [3.8, 4) is 22.9 Å². The minimum absolute atomic E-state index is 0.0318. The van der Waals surface area contributed by atoms with Crippen LogP contribution in [0.1, 0.15) is 90.9 Å². The van der Waals surface area contributed by atoms with Crippen molar-refractivity contribution in [2.24, 2.45) is 5.92 Å². The number of fused-ring (bicyclic) bond motifs is 3. The van der Waals surface area contributed by atoms with Gasteiger partial charge in [0, 0.05) is 68.1 Å². The summed E-state index contributed by atoms with van der Waals surface area (Å²) in [6, 6.07) is 4.49. The number of likely N-dealkylation sites (N-methyl/N-ethyl adjacent to an activating group) is 1. The van der Waals surface area contributed by atoms with Gasteiger partial charge in [-0.1, -0.05) is 31.4 Å². The molecule has 0 radical (unpaired) electrons. The van der Waals surface area contributed by atoms with Gasteiger partial charge in [0.1, 0.15) is 40.9 Å². The molecule has 0 bridgehead atoms. The summed E-state index contributed by atoms with van der Waals surface area (Å²) in [5.41, 5.74) is 1.65. The Morgan fingerprint density at radius 3 is 2.52 bits per heavy atom. The van der Waals surface area contributed by atoms with Gasteiger partial charge in [-0.15, -0.1) is 11.3 Å². The molecule has 3 fully saturated rings. The fraction of sp³-hybridized carbons (Fsp3) is 0.565. The van der Waals surface area contributed by atoms with Crippen molar-refractivity contribution in [2.45, 2.75) is 121 Å². The molecule has 5 N–H and O–H groups in total. The number of methoxy groups -OCH3 is 1. The summed E-state index contributed by atoms with van der Waals surface area (Å²) in [6.45, 7) is 3.93. The van der Waals surface area contributed by atoms with Crippen LogP contribution >= 0.6 is 11.3 Å². The number of carboxylic acids is 1. The van der Waals surface area contributed by atoms with E-state index in [1.54, 1.807) is 25.3 Å². The molecule has 1 aromatic carbocycles. The number of rotatable bonds is 13. The van der Waals surface area contributed by atoms with Crippen LogP contribution in [0.25, 0.3) is 22.3 Å². The molecule has 66 heavy (non-hydrogen) atoms. The zero-order chi connectivity index (χ0) is 47.3. The molecule has 358 valence electrons. The number of thiazole rings is 1. The number of allylic oxidation sites excluding steroid dienone is 2. The lowest BCUT2D eigenvalue weighted by Gasteiger charge is -2.30. The number of carbonyl (C=O) groups excluding carboxylic acids is 3. The molecule has 1 unspecified atom stereocenters. The maximum atomic E-state index is 15.0. The van der Waals surface area contributed by atoms with Gasteiger partial charge in [-0.25, -0.2) is 19.6 Å². The maximum absolute atomic E-state index is 15.0. The number of anilines is 1. The summed E-state index contributed by atoms with van der Waals surface area (Å²) < 4.78 is 40.7. The van der Waals surface area contributed by atoms with Crippen LogP contribution in [-0.2, 0) is 24.6 Å². The number of ether oxygens (including phenoxy) is 2. The van der Waals surface area contributed by atoms with Crippen molar-refractivity contribution in [1.82, 2.24) is 39.4 Å². The molecule has 4 heterocycles. The Hall–Kier alpha value is -5.31. The average molecular weight is 950 g/mol. The predicted octanol–water partition coefficient (Wildman–Crippen LogP) is 5.64. The van der Waals surface area contributed by atoms with Gasteiger partial charge in [-0.05, 0) is 82.9 Å². The molecule has 18 nitrogen and oxygen atoms in total. The van der Waals surface area contributed by atoms with Crippen molar-refractivity contribution in [2.75, 3.05) is 46.7 Å². The van der Waals surface area contributed by atoms with E-state index in [2.05, 4.69) is 21.3 Å². The smallest absolute Gasteiger partial charge is 0.330 e. The molecule has 3 aromatic rings. The van der Waals surface area contributed by atoms with Crippen LogP contribution in [-0.4, -0.2) is 132 Å². The molecule has 4 amide bonds. The SMILES string of the molecule is COc1ccc2c(O[C@@H]3C[C@H]4C(=O)N[C@]5(C(=O)O)CC5C=CCCCCC[C@H](NC(=O)NC(CN(C)S(=O)(=O)N(C)C)=C5CCCCC5)C(=O)N4C3)cc(-c3csc(NC(C)C)n3)nc2c1. The highest BCUT2D eigenvalue weighted by molar-refractivity contribution is 7.86. The van der Waals surface area contributed by atoms with Crippen LogP contribution in [0.5, 0.6) is 11.5 Å². The van der Waals surface area contributed by atoms with E-state index in [-0.39, 0.29) is 38.4 Å². The summed E-state index contributed by atoms with van der Waals surface area (Å²) in [6.07, 6.45) is 10.6. The number of hydrogen-bond acceptors (Lipinski definition) is 12. The van der Waals surface area contributed by atoms with E-state index in [4.69, 9.17) is 19.4 Å². The van der Waals surface area contributed by atoms with Gasteiger partial charge in [0.15, 0.2) is 5.13 Å². The number of amides is 4. The Morgan fingerprint density at radius 2 is 1.80 bits per heavy atom. The van der Waals surface area contributed by atoms with Crippen molar-refractivity contribution in [3.05, 3.63) is 53.1 Å². The van der Waals surface area contributed by atoms with Crippen LogP contribution in [0.2, 0.25) is 0 Å². The second-order valence-electron chi connectivity index (χ2n) is 18.2. The summed E-state index contributed by atoms with van der Waals surface area (Å²) in [4.78, 5) is 67.4. The van der Waals surface area contributed by atoms with E-state index >= 15 is 0 Å². The number of hydrogen-bond donors (Lipinski definition) is 5. The molecule has 1 saturated heterocycles. The van der Waals surface area contributed by atoms with Gasteiger partial charge in [0.25, 0.3) is 10.2 Å². The van der Waals surface area contributed by atoms with Crippen molar-refractivity contribution < 1.29 is 42.2 Å². The van der Waals surface area contributed by atoms with Crippen LogP contribution in [0.15, 0.2) is 53.1 Å². The third-order valence-electron chi connectivity index (χ3n) is 12.8. The van der Waals surface area contributed by atoms with Gasteiger partial charge in [-0.2, -0.15) is 17.0 Å². The highest BCUT2D eigenvalue weighted by Gasteiger charge is 2.61. The fourth-order valence-electron chi connectivity index (χ4n) is 9.00. The Bertz CT molecular complexity index is 2470. The Kier molecular flexibility index (Phi) is 15.2. The van der Waals surface area contributed by atoms with Crippen LogP contribution in [0.4, 0.5) is 9.93 Å². The van der Waals surface area contributed by atoms with E-state index in [0.29, 0.717) is 65.2 Å². The Labute approximate surface area is 390 Å². The normalized spacial score (nSPS) is 24.0. The van der Waals surface area contributed by atoms with E-state index < -0.39 is 63.7 Å². The monoisotopic (exact) mass is 949 g/mol. The highest BCUT2D eigenvalue weighted by Crippen LogP contribution is 2.46. The number of benzene rings is 1. The number of nitrogens with zero attached hydrogens (tertiary/aromatic N) is 5. The minimum Gasteiger partial charge on any atom is -0.497 e. The van der Waals surface area contributed by atoms with E-state index in [0.717, 1.165) is 47.1 Å². The largest absolute Gasteiger partial charge is 0.497 e. The number of pyridine rings is 1. The molecule has 2 aliphatic carbocycles. The number of carbonyl (C=O) groups is 4. The first-order valence-electron chi connectivity index (χ1n) is 22.8. The highest BCUT2D eigenvalue weighted by atomic mass is 32.2. The Morgan fingerprint density at radius 1 is 1.05 bits per heavy atom. The summed E-state index contributed by atoms with van der Waals surface area (Å²) in [7, 11) is 2.11. The summed E-state index contributed by atoms with van der Waals surface area (Å²) >= 11 is 1.45. The standard InChI is InChI=1S/C46H63N9O9S2/c1-28(2)47-45-51-38(27-65-45)36-23-40(33-20-19-31(63-6)21-35(33)48-36)64-32-22-39-41(56)52-46(43(58)59)24-30(46)17-13-8-7-9-14-18-34(42(57)55(39)25-32)49-44(60)50-37(29-15-11-10-12-16-29)26-54(5)66(61,62)53(3)4/h13,17,19-21,23,27-28,30,32,34,39H,7-12,14-16,18,22,24-26H2,1-6H3,(H,47,51)(H,52,56)(H,58,59)(H2,49,50,60)/t30?,32-,34+,39+,46-/m1/s1. The van der Waals surface area contributed by atoms with Crippen molar-refractivity contribution >= 4 is 61.4 Å². The molecular weight excluding hydrogens is 887 g/mol. The molecule has 0 spiro atoms. The van der Waals surface area contributed by atoms with Crippen molar-refractivity contribution in [3.63, 3.8) is 0 Å². The van der Waals surface area contributed by atoms with Gasteiger partial charge in [0.05, 0.1) is 31.4 Å². The zero-order valence-corrected chi connectivity index (χ0v) is 40.2. The first-order valence-corrected chi connectivity index (χ1v) is 25.1. The van der Waals surface area contributed by atoms with E-state index in [9.17, 15) is 32.7 Å². The van der Waals surface area contributed by atoms with Gasteiger partial charge in [0.2, 0.25) is 11.8 Å². The number of carboxylic acid groups (broad SMARTS) is 1. The molecule has 20 heteroatoms. The lowest BCUT2D eigenvalue weighted by atomic mass is 9.93. The van der Waals surface area contributed by atoms with E-state index in [1.807, 2.05) is 37.4 Å². The Balaban J connectivity index is 1.20. The predicted molar refractivity (Wildman–Crippen MR) is 252 cm³/mol. The number of aliphatic carboxylic acids is 1. The minimum atomic E-state index is -3.81. The average Bonchev–Trinajstić information content (AvgIpc) is 3.54. The molecule has 5 atom stereocenters. The lowest BCUT2D eigenvalue weighted by molar-refractivity contribution is -0.145. The summed E-state index contributed by atoms with van der Waals surface area (Å²) in [5.74, 6) is -1.67. The first-order chi connectivity index (χ1) is 31.5. The first kappa shape index (κ1) is 48.6. The number of nitrogens with one attached hydrogen (secondary N) is 4. The van der Waals surface area contributed by atoms with Gasteiger partial charge >= 0.3 is 12.0 Å². The molecule has 2 aliphatic heterocycles. The fourth-order valence-corrected chi connectivity index (χ4v) is 10.7. The maximum Gasteiger partial charge on any atom is 0.330 e. The van der Waals surface area contributed by atoms with Gasteiger partial charge in [-0.3, -0.25) is 9.59 Å². The zero-order valence-electron chi connectivity index (χ0n) is 38.6. The molecule has 2 saturated carbocycles. The van der Waals surface area contributed by atoms with E-state index in [1.165, 1.54) is 41.7 Å². The van der Waals surface area contributed by atoms with Gasteiger partial charge < -0.3 is 40.7 Å². The van der Waals surface area contributed by atoms with Crippen LogP contribution in [0, 0.1) is 5.92 Å². The molecule has 4 aliphatic rings. The second kappa shape index (κ2) is 20.7. The molecule has 2 aromatic heterocycles.